The Morgan fingerprint density at radius 2 is 2.14 bits per heavy atom. The smallest absolute Gasteiger partial charge is 0.306 e. The zero-order valence-corrected chi connectivity index (χ0v) is 16.1. The Morgan fingerprint density at radius 1 is 1.38 bits per heavy atom. The van der Waals surface area contributed by atoms with Crippen LogP contribution in [0.1, 0.15) is 29.4 Å². The summed E-state index contributed by atoms with van der Waals surface area (Å²) in [4.78, 5) is 43.0. The van der Waals surface area contributed by atoms with Gasteiger partial charge in [-0.1, -0.05) is 6.07 Å². The minimum Gasteiger partial charge on any atom is -0.502 e. The Labute approximate surface area is 167 Å². The summed E-state index contributed by atoms with van der Waals surface area (Å²) in [6, 6.07) is 4.69. The van der Waals surface area contributed by atoms with E-state index in [1.807, 2.05) is 0 Å². The molecule has 0 unspecified atom stereocenters. The number of hydrogen-bond donors (Lipinski definition) is 1. The molecule has 1 aliphatic heterocycles. The van der Waals surface area contributed by atoms with Gasteiger partial charge in [0, 0.05) is 44.6 Å². The number of aromatic hydroxyl groups is 1. The van der Waals surface area contributed by atoms with Crippen LogP contribution in [-0.2, 0) is 20.9 Å². The van der Waals surface area contributed by atoms with Crippen molar-refractivity contribution in [3.63, 3.8) is 0 Å². The zero-order chi connectivity index (χ0) is 20.8. The number of piperazine rings is 1. The Hall–Kier alpha value is -3.20. The Kier molecular flexibility index (Phi) is 6.61. The highest BCUT2D eigenvalue weighted by molar-refractivity contribution is 5.71. The Bertz CT molecular complexity index is 906. The minimum absolute atomic E-state index is 0.0115. The van der Waals surface area contributed by atoms with Crippen LogP contribution in [0.4, 0.5) is 0 Å². The number of pyridine rings is 1. The molecule has 1 saturated heterocycles. The molecule has 0 aromatic carbocycles. The van der Waals surface area contributed by atoms with Crippen LogP contribution in [0.3, 0.4) is 0 Å². The van der Waals surface area contributed by atoms with Crippen molar-refractivity contribution in [2.45, 2.75) is 18.9 Å². The second-order valence-corrected chi connectivity index (χ2v) is 6.83. The molecule has 2 aromatic rings. The molecule has 0 aliphatic carbocycles. The van der Waals surface area contributed by atoms with Gasteiger partial charge in [-0.25, -0.2) is 0 Å². The van der Waals surface area contributed by atoms with Gasteiger partial charge in [0.25, 0.3) is 0 Å². The van der Waals surface area contributed by atoms with Crippen LogP contribution in [0.25, 0.3) is 0 Å². The van der Waals surface area contributed by atoms with Crippen LogP contribution in [-0.4, -0.2) is 65.6 Å². The Balaban J connectivity index is 1.91. The first-order valence-electron chi connectivity index (χ1n) is 9.26. The summed E-state index contributed by atoms with van der Waals surface area (Å²) in [5, 5.41) is 10.4. The molecule has 3 heterocycles. The molecule has 2 aromatic heterocycles. The number of hydrogen-bond acceptors (Lipinski definition) is 8. The predicted molar refractivity (Wildman–Crippen MR) is 102 cm³/mol. The quantitative estimate of drug-likeness (QED) is 0.533. The average Bonchev–Trinajstić information content (AvgIpc) is 2.75. The minimum atomic E-state index is -0.712. The van der Waals surface area contributed by atoms with Crippen LogP contribution in [0.2, 0.25) is 0 Å². The number of ether oxygens (including phenoxy) is 1. The van der Waals surface area contributed by atoms with E-state index in [2.05, 4.69) is 9.88 Å². The molecule has 1 aliphatic rings. The molecule has 154 valence electrons. The molecule has 1 N–H and O–H groups in total. The van der Waals surface area contributed by atoms with E-state index in [-0.39, 0.29) is 12.2 Å². The lowest BCUT2D eigenvalue weighted by molar-refractivity contribution is -0.141. The van der Waals surface area contributed by atoms with E-state index in [0.29, 0.717) is 44.0 Å². The largest absolute Gasteiger partial charge is 0.502 e. The van der Waals surface area contributed by atoms with Gasteiger partial charge < -0.3 is 19.2 Å². The molecule has 3 rings (SSSR count). The third-order valence-corrected chi connectivity index (χ3v) is 4.94. The number of aromatic nitrogens is 1. The number of carbonyl (C=O) groups is 2. The Morgan fingerprint density at radius 3 is 2.76 bits per heavy atom. The molecule has 29 heavy (non-hydrogen) atoms. The molecular weight excluding hydrogens is 378 g/mol. The van der Waals surface area contributed by atoms with Gasteiger partial charge in [0.15, 0.2) is 5.76 Å². The highest BCUT2D eigenvalue weighted by atomic mass is 16.5. The second kappa shape index (κ2) is 9.33. The lowest BCUT2D eigenvalue weighted by atomic mass is 9.93. The van der Waals surface area contributed by atoms with Crippen molar-refractivity contribution in [2.24, 2.45) is 0 Å². The first kappa shape index (κ1) is 20.5. The summed E-state index contributed by atoms with van der Waals surface area (Å²) in [6.45, 7) is 2.84. The number of rotatable bonds is 7. The van der Waals surface area contributed by atoms with Crippen molar-refractivity contribution in [1.82, 2.24) is 14.8 Å². The van der Waals surface area contributed by atoms with Crippen molar-refractivity contribution in [1.29, 1.82) is 0 Å². The van der Waals surface area contributed by atoms with Gasteiger partial charge >= 0.3 is 5.97 Å². The summed E-state index contributed by atoms with van der Waals surface area (Å²) in [5.41, 5.74) is 0.0413. The van der Waals surface area contributed by atoms with E-state index in [0.717, 1.165) is 6.41 Å². The topological polar surface area (TPSA) is 113 Å². The van der Waals surface area contributed by atoms with Gasteiger partial charge in [0.1, 0.15) is 5.76 Å². The lowest BCUT2D eigenvalue weighted by Crippen LogP contribution is -2.45. The normalized spacial score (nSPS) is 15.7. The first-order chi connectivity index (χ1) is 14.0. The third-order valence-electron chi connectivity index (χ3n) is 4.94. The molecule has 0 bridgehead atoms. The summed E-state index contributed by atoms with van der Waals surface area (Å²) in [7, 11) is 1.27. The van der Waals surface area contributed by atoms with Gasteiger partial charge in [0.05, 0.1) is 26.0 Å². The number of methoxy groups -OCH3 is 1. The van der Waals surface area contributed by atoms with Crippen molar-refractivity contribution in [3.05, 3.63) is 57.9 Å². The molecule has 1 amide bonds. The van der Waals surface area contributed by atoms with E-state index >= 15 is 0 Å². The molecule has 1 fully saturated rings. The highest BCUT2D eigenvalue weighted by Gasteiger charge is 2.27. The summed E-state index contributed by atoms with van der Waals surface area (Å²) < 4.78 is 10.7. The molecule has 0 saturated carbocycles. The zero-order valence-electron chi connectivity index (χ0n) is 16.1. The van der Waals surface area contributed by atoms with Crippen LogP contribution >= 0.6 is 0 Å². The molecule has 0 radical (unpaired) electrons. The second-order valence-electron chi connectivity index (χ2n) is 6.83. The van der Waals surface area contributed by atoms with Crippen LogP contribution in [0.5, 0.6) is 5.75 Å². The maximum atomic E-state index is 12.4. The fourth-order valence-electron chi connectivity index (χ4n) is 3.31. The van der Waals surface area contributed by atoms with Crippen LogP contribution in [0.15, 0.2) is 39.8 Å². The van der Waals surface area contributed by atoms with Crippen molar-refractivity contribution < 1.29 is 23.8 Å². The van der Waals surface area contributed by atoms with Gasteiger partial charge in [0.2, 0.25) is 17.6 Å². The summed E-state index contributed by atoms with van der Waals surface area (Å²) >= 11 is 0. The highest BCUT2D eigenvalue weighted by Crippen LogP contribution is 2.33. The lowest BCUT2D eigenvalue weighted by Gasteiger charge is -2.32. The SMILES string of the molecule is COC(=O)C[C@@H](c1cccnc1)c1oc(CN2CCN(C=O)CC2)cc(=O)c1O. The molecule has 1 atom stereocenters. The fourth-order valence-corrected chi connectivity index (χ4v) is 3.31. The standard InChI is InChI=1S/C20H23N3O6/c1-28-18(26)10-16(14-3-2-4-21-11-14)20-19(27)17(25)9-15(29-20)12-22-5-7-23(13-24)8-6-22/h2-4,9,11,13,16,27H,5-8,10,12H2,1H3/t16-/m0/s1. The van der Waals surface area contributed by atoms with E-state index in [4.69, 9.17) is 9.15 Å². The first-order valence-corrected chi connectivity index (χ1v) is 9.26. The van der Waals surface area contributed by atoms with Crippen molar-refractivity contribution in [3.8, 4) is 5.75 Å². The van der Waals surface area contributed by atoms with Gasteiger partial charge in [-0.05, 0) is 11.6 Å². The summed E-state index contributed by atoms with van der Waals surface area (Å²) in [5.74, 6) is -1.36. The van der Waals surface area contributed by atoms with Gasteiger partial charge in [-0.15, -0.1) is 0 Å². The van der Waals surface area contributed by atoms with Crippen molar-refractivity contribution >= 4 is 12.4 Å². The predicted octanol–water partition coefficient (Wildman–Crippen LogP) is 0.709. The van der Waals surface area contributed by atoms with Crippen LogP contribution < -0.4 is 5.43 Å². The number of carbonyl (C=O) groups excluding carboxylic acids is 2. The van der Waals surface area contributed by atoms with E-state index in [1.54, 1.807) is 29.4 Å². The van der Waals surface area contributed by atoms with Gasteiger partial charge in [-0.3, -0.25) is 24.3 Å². The van der Waals surface area contributed by atoms with Crippen molar-refractivity contribution in [2.75, 3.05) is 33.3 Å². The van der Waals surface area contributed by atoms with E-state index in [9.17, 15) is 19.5 Å². The van der Waals surface area contributed by atoms with E-state index < -0.39 is 23.1 Å². The molecular formula is C20H23N3O6. The fraction of sp³-hybridized carbons (Fsp3) is 0.400. The van der Waals surface area contributed by atoms with E-state index in [1.165, 1.54) is 13.2 Å². The number of nitrogens with zero attached hydrogens (tertiary/aromatic N) is 3. The maximum absolute atomic E-state index is 12.4. The molecule has 9 nitrogen and oxygen atoms in total. The van der Waals surface area contributed by atoms with Crippen LogP contribution in [0, 0.1) is 0 Å². The number of esters is 1. The summed E-state index contributed by atoms with van der Waals surface area (Å²) in [6.07, 6.45) is 3.85. The van der Waals surface area contributed by atoms with Gasteiger partial charge in [-0.2, -0.15) is 0 Å². The molecule has 9 heteroatoms. The average molecular weight is 401 g/mol. The number of amides is 1. The monoisotopic (exact) mass is 401 g/mol. The molecule has 0 spiro atoms. The maximum Gasteiger partial charge on any atom is 0.306 e. The third kappa shape index (κ3) is 5.00.